The first-order valence-electron chi connectivity index (χ1n) is 14.8. The maximum absolute atomic E-state index is 14.0. The van der Waals surface area contributed by atoms with Crippen LogP contribution in [0.5, 0.6) is 0 Å². The van der Waals surface area contributed by atoms with E-state index in [-0.39, 0.29) is 29.1 Å². The number of alkyl halides is 3. The van der Waals surface area contributed by atoms with Crippen molar-refractivity contribution < 1.29 is 31.2 Å². The smallest absolute Gasteiger partial charge is 0.352 e. The van der Waals surface area contributed by atoms with Gasteiger partial charge in [-0.15, -0.1) is 0 Å². The van der Waals surface area contributed by atoms with Crippen molar-refractivity contribution in [3.05, 3.63) is 95.6 Å². The Morgan fingerprint density at radius 3 is 2.23 bits per heavy atom. The molecule has 1 N–H and O–H groups in total. The minimum atomic E-state index is -4.73. The van der Waals surface area contributed by atoms with E-state index in [9.17, 15) is 31.2 Å². The lowest BCUT2D eigenvalue weighted by atomic mass is 9.95. The van der Waals surface area contributed by atoms with E-state index in [0.29, 0.717) is 16.8 Å². The highest BCUT2D eigenvalue weighted by Gasteiger charge is 2.35. The number of nitrogens with one attached hydrogen (secondary N) is 1. The number of amides is 2. The Bertz CT molecular complexity index is 1520. The molecule has 1 saturated carbocycles. The Morgan fingerprint density at radius 2 is 1.59 bits per heavy atom. The molecule has 0 aromatic heterocycles. The second-order valence-corrected chi connectivity index (χ2v) is 13.1. The molecule has 7 nitrogen and oxygen atoms in total. The van der Waals surface area contributed by atoms with E-state index in [0.717, 1.165) is 55.4 Å². The van der Waals surface area contributed by atoms with E-state index < -0.39 is 40.3 Å². The number of halogens is 3. The maximum Gasteiger partial charge on any atom is 0.416 e. The number of carbonyl (C=O) groups excluding carboxylic acids is 2. The van der Waals surface area contributed by atoms with Gasteiger partial charge in [0.2, 0.25) is 11.8 Å². The van der Waals surface area contributed by atoms with Crippen molar-refractivity contribution in [2.75, 3.05) is 17.4 Å². The first kappa shape index (κ1) is 33.0. The molecule has 1 aliphatic carbocycles. The van der Waals surface area contributed by atoms with Gasteiger partial charge in [-0.1, -0.05) is 73.4 Å². The van der Waals surface area contributed by atoms with Crippen molar-refractivity contribution in [3.63, 3.8) is 0 Å². The zero-order chi connectivity index (χ0) is 31.9. The van der Waals surface area contributed by atoms with Gasteiger partial charge in [-0.25, -0.2) is 8.42 Å². The van der Waals surface area contributed by atoms with E-state index in [1.165, 1.54) is 23.1 Å². The second kappa shape index (κ2) is 14.3. The average Bonchev–Trinajstić information content (AvgIpc) is 3.00. The Morgan fingerprint density at radius 1 is 0.932 bits per heavy atom. The molecule has 0 radical (unpaired) electrons. The summed E-state index contributed by atoms with van der Waals surface area (Å²) in [6.07, 6.45) is 0.444. The number of carbonyl (C=O) groups is 2. The molecular formula is C33H38F3N3O4S. The predicted octanol–water partition coefficient (Wildman–Crippen LogP) is 6.12. The van der Waals surface area contributed by atoms with Crippen LogP contribution in [0.1, 0.15) is 55.7 Å². The summed E-state index contributed by atoms with van der Waals surface area (Å²) in [5, 5.41) is 3.03. The van der Waals surface area contributed by atoms with Crippen molar-refractivity contribution in [1.29, 1.82) is 0 Å². The zero-order valence-corrected chi connectivity index (χ0v) is 25.7. The Labute approximate surface area is 257 Å². The largest absolute Gasteiger partial charge is 0.416 e. The van der Waals surface area contributed by atoms with Crippen LogP contribution in [-0.2, 0) is 32.2 Å². The highest BCUT2D eigenvalue weighted by Crippen LogP contribution is 2.33. The molecule has 0 heterocycles. The number of sulfonamides is 1. The number of benzene rings is 3. The van der Waals surface area contributed by atoms with Gasteiger partial charge in [0, 0.05) is 12.6 Å². The number of hydrogen-bond acceptors (Lipinski definition) is 4. The van der Waals surface area contributed by atoms with Gasteiger partial charge < -0.3 is 10.2 Å². The van der Waals surface area contributed by atoms with E-state index in [1.54, 1.807) is 26.0 Å². The number of aryl methyl sites for hydroxylation is 1. The zero-order valence-electron chi connectivity index (χ0n) is 24.9. The van der Waals surface area contributed by atoms with E-state index in [2.05, 4.69) is 5.32 Å². The third-order valence-corrected chi connectivity index (χ3v) is 9.74. The van der Waals surface area contributed by atoms with Crippen LogP contribution in [0.2, 0.25) is 0 Å². The van der Waals surface area contributed by atoms with Crippen LogP contribution < -0.4 is 9.62 Å². The molecular weight excluding hydrogens is 591 g/mol. The molecule has 2 amide bonds. The van der Waals surface area contributed by atoms with Crippen molar-refractivity contribution >= 4 is 27.5 Å². The van der Waals surface area contributed by atoms with Crippen molar-refractivity contribution in [2.45, 2.75) is 75.5 Å². The van der Waals surface area contributed by atoms with Crippen LogP contribution in [0.4, 0.5) is 18.9 Å². The molecule has 0 aliphatic heterocycles. The SMILES string of the molecule is Cc1ccc(S(=O)(=O)N(CC(=O)N(CCc2ccccc2)[C@@H](C)C(=O)NC2CCCCC2)c2cccc(C(F)(F)F)c2)cc1. The van der Waals surface area contributed by atoms with Gasteiger partial charge in [-0.2, -0.15) is 13.2 Å². The van der Waals surface area contributed by atoms with Gasteiger partial charge >= 0.3 is 6.18 Å². The van der Waals surface area contributed by atoms with Crippen LogP contribution >= 0.6 is 0 Å². The summed E-state index contributed by atoms with van der Waals surface area (Å²) in [4.78, 5) is 28.5. The molecule has 0 bridgehead atoms. The fourth-order valence-corrected chi connectivity index (χ4v) is 6.75. The van der Waals surface area contributed by atoms with Crippen molar-refractivity contribution in [2.24, 2.45) is 0 Å². The third kappa shape index (κ3) is 8.40. The molecule has 1 fully saturated rings. The fourth-order valence-electron chi connectivity index (χ4n) is 5.34. The Kier molecular flexibility index (Phi) is 10.7. The first-order valence-corrected chi connectivity index (χ1v) is 16.2. The van der Waals surface area contributed by atoms with Crippen molar-refractivity contribution in [1.82, 2.24) is 10.2 Å². The Hall–Kier alpha value is -3.86. The number of nitrogens with zero attached hydrogens (tertiary/aromatic N) is 2. The summed E-state index contributed by atoms with van der Waals surface area (Å²) in [6, 6.07) is 18.1. The van der Waals surface area contributed by atoms with Crippen LogP contribution in [0.25, 0.3) is 0 Å². The highest BCUT2D eigenvalue weighted by atomic mass is 32.2. The van der Waals surface area contributed by atoms with E-state index in [4.69, 9.17) is 0 Å². The lowest BCUT2D eigenvalue weighted by Crippen LogP contribution is -2.53. The molecule has 0 unspecified atom stereocenters. The quantitative estimate of drug-likeness (QED) is 0.277. The standard InChI is InChI=1S/C33H38F3N3O4S/c1-24-16-18-30(19-17-24)44(42,43)39(29-15-9-12-27(22-29)33(34,35)36)23-31(40)38(21-20-26-10-5-3-6-11-26)25(2)32(41)37-28-13-7-4-8-14-28/h3,5-6,9-12,15-19,22,25,28H,4,7-8,13-14,20-21,23H2,1-2H3,(H,37,41)/t25-/m0/s1. The topological polar surface area (TPSA) is 86.8 Å². The number of rotatable bonds is 11. The van der Waals surface area contributed by atoms with Crippen molar-refractivity contribution in [3.8, 4) is 0 Å². The van der Waals surface area contributed by atoms with E-state index >= 15 is 0 Å². The van der Waals surface area contributed by atoms with Gasteiger partial charge in [0.25, 0.3) is 10.0 Å². The van der Waals surface area contributed by atoms with Gasteiger partial charge in [-0.05, 0) is 69.0 Å². The summed E-state index contributed by atoms with van der Waals surface area (Å²) in [6.45, 7) is 2.66. The lowest BCUT2D eigenvalue weighted by Gasteiger charge is -2.33. The summed E-state index contributed by atoms with van der Waals surface area (Å²) >= 11 is 0. The maximum atomic E-state index is 14.0. The van der Waals surface area contributed by atoms with Crippen LogP contribution in [-0.4, -0.2) is 50.3 Å². The normalized spacial score (nSPS) is 14.9. The summed E-state index contributed by atoms with van der Waals surface area (Å²) < 4.78 is 69.4. The van der Waals surface area contributed by atoms with Crippen LogP contribution in [0.3, 0.4) is 0 Å². The monoisotopic (exact) mass is 629 g/mol. The van der Waals surface area contributed by atoms with Crippen LogP contribution in [0, 0.1) is 6.92 Å². The first-order chi connectivity index (χ1) is 20.9. The molecule has 1 atom stereocenters. The number of anilines is 1. The molecule has 0 spiro atoms. The Balaban J connectivity index is 1.68. The summed E-state index contributed by atoms with van der Waals surface area (Å²) in [5.41, 5.74) is 0.339. The molecule has 3 aromatic rings. The molecule has 1 aliphatic rings. The summed E-state index contributed by atoms with van der Waals surface area (Å²) in [5.74, 6) is -1.06. The molecule has 3 aromatic carbocycles. The average molecular weight is 630 g/mol. The van der Waals surface area contributed by atoms with Gasteiger partial charge in [0.05, 0.1) is 16.1 Å². The molecule has 236 valence electrons. The third-order valence-electron chi connectivity index (χ3n) is 7.95. The van der Waals surface area contributed by atoms with Gasteiger partial charge in [-0.3, -0.25) is 13.9 Å². The minimum absolute atomic E-state index is 0.00621. The van der Waals surface area contributed by atoms with Gasteiger partial charge in [0.1, 0.15) is 12.6 Å². The van der Waals surface area contributed by atoms with Crippen LogP contribution in [0.15, 0.2) is 83.8 Å². The second-order valence-electron chi connectivity index (χ2n) is 11.2. The highest BCUT2D eigenvalue weighted by molar-refractivity contribution is 7.92. The summed E-state index contributed by atoms with van der Waals surface area (Å²) in [7, 11) is -4.48. The predicted molar refractivity (Wildman–Crippen MR) is 163 cm³/mol. The molecule has 44 heavy (non-hydrogen) atoms. The molecule has 0 saturated heterocycles. The van der Waals surface area contributed by atoms with Gasteiger partial charge in [0.15, 0.2) is 0 Å². The minimum Gasteiger partial charge on any atom is -0.352 e. The molecule has 11 heteroatoms. The lowest BCUT2D eigenvalue weighted by molar-refractivity contribution is -0.139. The fraction of sp³-hybridized carbons (Fsp3) is 0.394. The number of hydrogen-bond donors (Lipinski definition) is 1. The molecule has 4 rings (SSSR count). The van der Waals surface area contributed by atoms with E-state index in [1.807, 2.05) is 30.3 Å².